The smallest absolute Gasteiger partial charge is 0.125 e. The molecule has 52 valence electrons. The molecule has 0 amide bonds. The summed E-state index contributed by atoms with van der Waals surface area (Å²) in [5.41, 5.74) is 0.806. The molecule has 0 aliphatic carbocycles. The molecule has 0 aromatic heterocycles. The quantitative estimate of drug-likeness (QED) is 0.465. The molecule has 0 N–H and O–H groups in total. The van der Waals surface area contributed by atoms with Gasteiger partial charge in [0, 0.05) is 0 Å². The first-order valence-corrected chi connectivity index (χ1v) is 3.39. The van der Waals surface area contributed by atoms with Gasteiger partial charge in [0.1, 0.15) is 6.67 Å². The van der Waals surface area contributed by atoms with Crippen LogP contribution in [0.3, 0.4) is 0 Å². The van der Waals surface area contributed by atoms with Gasteiger partial charge >= 0.3 is 0 Å². The van der Waals surface area contributed by atoms with Crippen LogP contribution in [-0.2, 0) is 0 Å². The predicted molar refractivity (Wildman–Crippen MR) is 44.1 cm³/mol. The largest absolute Gasteiger partial charge is 0.245 e. The molecule has 0 unspecified atom stereocenters. The zero-order chi connectivity index (χ0) is 7.40. The summed E-state index contributed by atoms with van der Waals surface area (Å²) < 4.78 is 11.9. The van der Waals surface area contributed by atoms with Gasteiger partial charge in [-0.15, -0.1) is 0 Å². The number of hydrogen-bond donors (Lipinski definition) is 0. The van der Waals surface area contributed by atoms with Gasteiger partial charge in [-0.05, 0) is 5.56 Å². The minimum atomic E-state index is -0.542. The number of alkyl halides is 1. The molecule has 0 saturated heterocycles. The predicted octanol–water partition coefficient (Wildman–Crippen LogP) is 2.37. The maximum Gasteiger partial charge on any atom is 0.125 e. The molecule has 0 aliphatic heterocycles. The van der Waals surface area contributed by atoms with E-state index in [0.717, 1.165) is 5.56 Å². The Labute approximate surface area is 64.7 Å². The lowest BCUT2D eigenvalue weighted by atomic mass is 10.2. The average Bonchev–Trinajstić information content (AvgIpc) is 2.05. The lowest BCUT2D eigenvalue weighted by Gasteiger charge is -1.95. The van der Waals surface area contributed by atoms with Crippen molar-refractivity contribution in [1.29, 1.82) is 0 Å². The third kappa shape index (κ3) is 1.61. The summed E-state index contributed by atoms with van der Waals surface area (Å²) in [6.45, 7) is -0.542. The zero-order valence-electron chi connectivity index (χ0n) is 5.38. The summed E-state index contributed by atoms with van der Waals surface area (Å²) in [5.74, 6) is 0. The standard InChI is InChI=1S/C8H7FS/c9-6-8(10)7-4-2-1-3-5-7/h1-5H,6H2. The summed E-state index contributed by atoms with van der Waals surface area (Å²) in [4.78, 5) is 0.376. The average molecular weight is 154 g/mol. The van der Waals surface area contributed by atoms with Crippen molar-refractivity contribution in [3.8, 4) is 0 Å². The van der Waals surface area contributed by atoms with Crippen molar-refractivity contribution in [1.82, 2.24) is 0 Å². The normalized spacial score (nSPS) is 9.30. The van der Waals surface area contributed by atoms with Gasteiger partial charge in [0.15, 0.2) is 0 Å². The van der Waals surface area contributed by atoms with Crippen molar-refractivity contribution < 1.29 is 4.39 Å². The van der Waals surface area contributed by atoms with Crippen LogP contribution in [0.1, 0.15) is 5.56 Å². The Balaban J connectivity index is 2.85. The van der Waals surface area contributed by atoms with Crippen molar-refractivity contribution in [2.75, 3.05) is 6.67 Å². The molecule has 1 aromatic rings. The molecule has 1 aromatic carbocycles. The van der Waals surface area contributed by atoms with Gasteiger partial charge in [-0.2, -0.15) is 0 Å². The van der Waals surface area contributed by atoms with Gasteiger partial charge in [0.25, 0.3) is 0 Å². The molecule has 0 bridgehead atoms. The molecule has 0 heterocycles. The number of rotatable bonds is 2. The minimum Gasteiger partial charge on any atom is -0.245 e. The van der Waals surface area contributed by atoms with Gasteiger partial charge in [0.2, 0.25) is 0 Å². The number of halogens is 1. The van der Waals surface area contributed by atoms with Crippen LogP contribution in [0.4, 0.5) is 4.39 Å². The molecule has 0 spiro atoms. The fourth-order valence-electron chi connectivity index (χ4n) is 0.701. The lowest BCUT2D eigenvalue weighted by molar-refractivity contribution is 0.586. The second kappa shape index (κ2) is 3.42. The fraction of sp³-hybridized carbons (Fsp3) is 0.125. The van der Waals surface area contributed by atoms with Crippen LogP contribution >= 0.6 is 12.2 Å². The summed E-state index contributed by atoms with van der Waals surface area (Å²) in [7, 11) is 0. The molecule has 0 radical (unpaired) electrons. The Morgan fingerprint density at radius 1 is 1.30 bits per heavy atom. The number of thiocarbonyl (C=S) groups is 1. The Kier molecular flexibility index (Phi) is 2.51. The van der Waals surface area contributed by atoms with Crippen molar-refractivity contribution in [2.45, 2.75) is 0 Å². The van der Waals surface area contributed by atoms with Crippen LogP contribution in [0.2, 0.25) is 0 Å². The zero-order valence-corrected chi connectivity index (χ0v) is 6.20. The molecule has 0 saturated carbocycles. The maximum atomic E-state index is 11.9. The fourth-order valence-corrected chi connectivity index (χ4v) is 0.837. The van der Waals surface area contributed by atoms with Crippen molar-refractivity contribution in [3.05, 3.63) is 35.9 Å². The van der Waals surface area contributed by atoms with Crippen LogP contribution in [0.5, 0.6) is 0 Å². The van der Waals surface area contributed by atoms with Crippen LogP contribution in [0, 0.1) is 0 Å². The van der Waals surface area contributed by atoms with E-state index in [1.165, 1.54) is 0 Å². The first-order valence-electron chi connectivity index (χ1n) is 2.99. The third-order valence-corrected chi connectivity index (χ3v) is 1.56. The molecule has 0 aliphatic rings. The van der Waals surface area contributed by atoms with Crippen molar-refractivity contribution in [3.63, 3.8) is 0 Å². The van der Waals surface area contributed by atoms with E-state index < -0.39 is 6.67 Å². The van der Waals surface area contributed by atoms with Gasteiger partial charge < -0.3 is 0 Å². The van der Waals surface area contributed by atoms with Gasteiger partial charge in [-0.1, -0.05) is 42.5 Å². The van der Waals surface area contributed by atoms with Crippen molar-refractivity contribution in [2.24, 2.45) is 0 Å². The van der Waals surface area contributed by atoms with E-state index in [-0.39, 0.29) is 0 Å². The van der Waals surface area contributed by atoms with Crippen LogP contribution in [0.15, 0.2) is 30.3 Å². The molecule has 1 rings (SSSR count). The van der Waals surface area contributed by atoms with E-state index in [1.807, 2.05) is 30.3 Å². The topological polar surface area (TPSA) is 0 Å². The number of benzene rings is 1. The highest BCUT2D eigenvalue weighted by Gasteiger charge is 1.96. The first kappa shape index (κ1) is 7.35. The number of hydrogen-bond acceptors (Lipinski definition) is 1. The summed E-state index contributed by atoms with van der Waals surface area (Å²) in [6.07, 6.45) is 0. The highest BCUT2D eigenvalue weighted by atomic mass is 32.1. The third-order valence-electron chi connectivity index (χ3n) is 1.22. The molecule has 0 fully saturated rings. The Morgan fingerprint density at radius 3 is 2.40 bits per heavy atom. The highest BCUT2D eigenvalue weighted by molar-refractivity contribution is 7.80. The molecular formula is C8H7FS. The molecule has 0 atom stereocenters. The van der Waals surface area contributed by atoms with E-state index in [1.54, 1.807) is 0 Å². The second-order valence-electron chi connectivity index (χ2n) is 1.92. The summed E-state index contributed by atoms with van der Waals surface area (Å²) in [6, 6.07) is 9.18. The Bertz CT molecular complexity index is 218. The van der Waals surface area contributed by atoms with E-state index >= 15 is 0 Å². The van der Waals surface area contributed by atoms with E-state index in [0.29, 0.717) is 4.86 Å². The maximum absolute atomic E-state index is 11.9. The second-order valence-corrected chi connectivity index (χ2v) is 2.42. The molecular weight excluding hydrogens is 147 g/mol. The molecule has 2 heteroatoms. The SMILES string of the molecule is FCC(=S)c1ccccc1. The van der Waals surface area contributed by atoms with E-state index in [2.05, 4.69) is 0 Å². The van der Waals surface area contributed by atoms with E-state index in [9.17, 15) is 4.39 Å². The Morgan fingerprint density at radius 2 is 1.90 bits per heavy atom. The summed E-state index contributed by atoms with van der Waals surface area (Å²) >= 11 is 4.75. The van der Waals surface area contributed by atoms with Gasteiger partial charge in [-0.25, -0.2) is 4.39 Å². The first-order chi connectivity index (χ1) is 4.84. The Hall–Kier alpha value is -0.760. The van der Waals surface area contributed by atoms with Crippen LogP contribution in [-0.4, -0.2) is 11.5 Å². The van der Waals surface area contributed by atoms with E-state index in [4.69, 9.17) is 12.2 Å². The lowest BCUT2D eigenvalue weighted by Crippen LogP contribution is -1.97. The van der Waals surface area contributed by atoms with Gasteiger partial charge in [-0.3, -0.25) is 0 Å². The minimum absolute atomic E-state index is 0.376. The molecule has 10 heavy (non-hydrogen) atoms. The monoisotopic (exact) mass is 154 g/mol. The highest BCUT2D eigenvalue weighted by Crippen LogP contribution is 2.00. The van der Waals surface area contributed by atoms with Gasteiger partial charge in [0.05, 0.1) is 4.86 Å². The van der Waals surface area contributed by atoms with Crippen molar-refractivity contribution >= 4 is 17.1 Å². The summed E-state index contributed by atoms with van der Waals surface area (Å²) in [5, 5.41) is 0. The van der Waals surface area contributed by atoms with Crippen LogP contribution in [0.25, 0.3) is 0 Å². The van der Waals surface area contributed by atoms with Crippen LogP contribution < -0.4 is 0 Å². The molecule has 0 nitrogen and oxygen atoms in total.